The summed E-state index contributed by atoms with van der Waals surface area (Å²) in [6, 6.07) is 1.97. The lowest BCUT2D eigenvalue weighted by molar-refractivity contribution is 0.143. The fraction of sp³-hybridized carbons (Fsp3) is 0.526. The normalized spacial score (nSPS) is 15.0. The highest BCUT2D eigenvalue weighted by Crippen LogP contribution is 2.39. The number of nitrogens with zero attached hydrogens (tertiary/aromatic N) is 3. The molecule has 140 valence electrons. The summed E-state index contributed by atoms with van der Waals surface area (Å²) in [7, 11) is 3.26. The van der Waals surface area contributed by atoms with Gasteiger partial charge in [-0.05, 0) is 45.6 Å². The summed E-state index contributed by atoms with van der Waals surface area (Å²) in [4.78, 5) is 21.9. The van der Waals surface area contributed by atoms with E-state index < -0.39 is 0 Å². The van der Waals surface area contributed by atoms with Crippen molar-refractivity contribution in [3.8, 4) is 5.88 Å². The van der Waals surface area contributed by atoms with Gasteiger partial charge in [0.1, 0.15) is 0 Å². The molecule has 1 saturated carbocycles. The van der Waals surface area contributed by atoms with E-state index in [1.54, 1.807) is 18.8 Å². The molecule has 1 unspecified atom stereocenters. The molecule has 1 N–H and O–H groups in total. The average Bonchev–Trinajstić information content (AvgIpc) is 3.43. The minimum atomic E-state index is -0.141. The van der Waals surface area contributed by atoms with Crippen LogP contribution in [0.5, 0.6) is 5.88 Å². The first kappa shape index (κ1) is 18.4. The molecule has 1 atom stereocenters. The molecule has 1 aliphatic carbocycles. The summed E-state index contributed by atoms with van der Waals surface area (Å²) in [5.41, 5.74) is 3.03. The Morgan fingerprint density at radius 3 is 2.62 bits per heavy atom. The van der Waals surface area contributed by atoms with E-state index in [0.717, 1.165) is 35.5 Å². The molecule has 2 aromatic rings. The zero-order valence-electron chi connectivity index (χ0n) is 16.0. The molecule has 2 aromatic heterocycles. The van der Waals surface area contributed by atoms with Gasteiger partial charge in [-0.1, -0.05) is 0 Å². The minimum Gasteiger partial charge on any atom is -0.481 e. The molecule has 0 radical (unpaired) electrons. The van der Waals surface area contributed by atoms with Crippen molar-refractivity contribution in [2.75, 3.05) is 26.1 Å². The molecule has 3 rings (SSSR count). The standard InChI is InChI=1S/C19H26N4O3/c1-11-8-15(13(3)21-18(11)26-5)22-17-19(24)23(9-12(2)20-17)16(10-25-4)14-6-7-14/h8-9,14,16H,6-7,10H2,1-5H3,(H,20,22). The zero-order chi connectivity index (χ0) is 18.8. The van der Waals surface area contributed by atoms with Crippen molar-refractivity contribution < 1.29 is 9.47 Å². The van der Waals surface area contributed by atoms with E-state index in [1.165, 1.54) is 0 Å². The van der Waals surface area contributed by atoms with Crippen LogP contribution in [0.1, 0.15) is 35.8 Å². The van der Waals surface area contributed by atoms with E-state index in [2.05, 4.69) is 15.3 Å². The van der Waals surface area contributed by atoms with Crippen LogP contribution in [-0.2, 0) is 4.74 Å². The molecule has 7 heteroatoms. The molecular weight excluding hydrogens is 332 g/mol. The number of hydrogen-bond acceptors (Lipinski definition) is 6. The van der Waals surface area contributed by atoms with Crippen LogP contribution >= 0.6 is 0 Å². The van der Waals surface area contributed by atoms with Gasteiger partial charge in [0.15, 0.2) is 5.82 Å². The molecule has 2 heterocycles. The lowest BCUT2D eigenvalue weighted by atomic mass is 10.2. The number of rotatable bonds is 7. The molecule has 0 amide bonds. The average molecular weight is 358 g/mol. The second-order valence-corrected chi connectivity index (χ2v) is 6.88. The van der Waals surface area contributed by atoms with Gasteiger partial charge >= 0.3 is 0 Å². The molecule has 0 aliphatic heterocycles. The molecule has 0 aromatic carbocycles. The predicted molar refractivity (Wildman–Crippen MR) is 100 cm³/mol. The van der Waals surface area contributed by atoms with Gasteiger partial charge in [-0.25, -0.2) is 9.97 Å². The highest BCUT2D eigenvalue weighted by atomic mass is 16.5. The smallest absolute Gasteiger partial charge is 0.294 e. The van der Waals surface area contributed by atoms with Crippen LogP contribution in [0.2, 0.25) is 0 Å². The van der Waals surface area contributed by atoms with Crippen LogP contribution in [-0.4, -0.2) is 35.4 Å². The van der Waals surface area contributed by atoms with Gasteiger partial charge in [-0.15, -0.1) is 0 Å². The first-order valence-corrected chi connectivity index (χ1v) is 8.82. The number of aryl methyl sites for hydroxylation is 3. The third-order valence-corrected chi connectivity index (χ3v) is 4.72. The summed E-state index contributed by atoms with van der Waals surface area (Å²) in [6.07, 6.45) is 4.08. The van der Waals surface area contributed by atoms with Crippen molar-refractivity contribution in [2.45, 2.75) is 39.7 Å². The molecule has 1 aliphatic rings. The number of aromatic nitrogens is 3. The summed E-state index contributed by atoms with van der Waals surface area (Å²) >= 11 is 0. The Morgan fingerprint density at radius 2 is 2.00 bits per heavy atom. The van der Waals surface area contributed by atoms with Crippen molar-refractivity contribution >= 4 is 11.5 Å². The highest BCUT2D eigenvalue weighted by Gasteiger charge is 2.33. The second kappa shape index (κ2) is 7.45. The van der Waals surface area contributed by atoms with E-state index in [0.29, 0.717) is 24.2 Å². The van der Waals surface area contributed by atoms with Crippen LogP contribution in [0.4, 0.5) is 11.5 Å². The molecule has 7 nitrogen and oxygen atoms in total. The van der Waals surface area contributed by atoms with E-state index in [1.807, 2.05) is 33.0 Å². The third kappa shape index (κ3) is 3.72. The highest BCUT2D eigenvalue weighted by molar-refractivity contribution is 5.60. The van der Waals surface area contributed by atoms with E-state index in [4.69, 9.17) is 9.47 Å². The van der Waals surface area contributed by atoms with Crippen molar-refractivity contribution in [1.82, 2.24) is 14.5 Å². The Morgan fingerprint density at radius 1 is 1.27 bits per heavy atom. The minimum absolute atomic E-state index is 0.0478. The Balaban J connectivity index is 1.99. The molecule has 1 fully saturated rings. The maximum atomic E-state index is 13.0. The Labute approximate surface area is 153 Å². The van der Waals surface area contributed by atoms with Crippen LogP contribution in [0, 0.1) is 26.7 Å². The number of ether oxygens (including phenoxy) is 2. The SMILES string of the molecule is COCC(C1CC1)n1cc(C)nc(Nc2cc(C)c(OC)nc2C)c1=O. The second-order valence-electron chi connectivity index (χ2n) is 6.88. The van der Waals surface area contributed by atoms with Crippen molar-refractivity contribution in [3.63, 3.8) is 0 Å². The Kier molecular flexibility index (Phi) is 5.27. The van der Waals surface area contributed by atoms with E-state index in [-0.39, 0.29) is 11.6 Å². The van der Waals surface area contributed by atoms with Crippen LogP contribution in [0.15, 0.2) is 17.1 Å². The first-order chi connectivity index (χ1) is 12.4. The van der Waals surface area contributed by atoms with Gasteiger partial charge in [0, 0.05) is 18.9 Å². The predicted octanol–water partition coefficient (Wildman–Crippen LogP) is 2.91. The largest absolute Gasteiger partial charge is 0.481 e. The van der Waals surface area contributed by atoms with Gasteiger partial charge in [0.25, 0.3) is 5.56 Å². The first-order valence-electron chi connectivity index (χ1n) is 8.82. The fourth-order valence-corrected chi connectivity index (χ4v) is 3.20. The summed E-state index contributed by atoms with van der Waals surface area (Å²) in [6.45, 7) is 6.20. The van der Waals surface area contributed by atoms with Gasteiger partial charge in [-0.2, -0.15) is 0 Å². The number of anilines is 2. The maximum absolute atomic E-state index is 13.0. The summed E-state index contributed by atoms with van der Waals surface area (Å²) < 4.78 is 12.4. The molecule has 0 spiro atoms. The van der Waals surface area contributed by atoms with Gasteiger partial charge in [0.2, 0.25) is 5.88 Å². The Bertz CT molecular complexity index is 859. The van der Waals surface area contributed by atoms with E-state index >= 15 is 0 Å². The Hall–Kier alpha value is -2.41. The molecule has 0 bridgehead atoms. The van der Waals surface area contributed by atoms with E-state index in [9.17, 15) is 4.79 Å². The lowest BCUT2D eigenvalue weighted by Gasteiger charge is -2.20. The zero-order valence-corrected chi connectivity index (χ0v) is 16.0. The lowest BCUT2D eigenvalue weighted by Crippen LogP contribution is -2.31. The topological polar surface area (TPSA) is 78.3 Å². The van der Waals surface area contributed by atoms with Crippen LogP contribution in [0.3, 0.4) is 0 Å². The third-order valence-electron chi connectivity index (χ3n) is 4.72. The monoisotopic (exact) mass is 358 g/mol. The van der Waals surface area contributed by atoms with Crippen LogP contribution < -0.4 is 15.6 Å². The fourth-order valence-electron chi connectivity index (χ4n) is 3.20. The van der Waals surface area contributed by atoms with Crippen LogP contribution in [0.25, 0.3) is 0 Å². The molecule has 0 saturated heterocycles. The van der Waals surface area contributed by atoms with Gasteiger partial charge in [-0.3, -0.25) is 4.79 Å². The maximum Gasteiger partial charge on any atom is 0.294 e. The number of nitrogens with one attached hydrogen (secondary N) is 1. The van der Waals surface area contributed by atoms with Gasteiger partial charge < -0.3 is 19.4 Å². The molecular formula is C19H26N4O3. The van der Waals surface area contributed by atoms with Crippen molar-refractivity contribution in [3.05, 3.63) is 39.6 Å². The van der Waals surface area contributed by atoms with Gasteiger partial charge in [0.05, 0.1) is 36.8 Å². The van der Waals surface area contributed by atoms with Crippen molar-refractivity contribution in [2.24, 2.45) is 5.92 Å². The number of pyridine rings is 1. The summed E-state index contributed by atoms with van der Waals surface area (Å²) in [5.74, 6) is 1.38. The molecule has 26 heavy (non-hydrogen) atoms. The van der Waals surface area contributed by atoms with Crippen molar-refractivity contribution in [1.29, 1.82) is 0 Å². The quantitative estimate of drug-likeness (QED) is 0.820. The number of hydrogen-bond donors (Lipinski definition) is 1. The number of methoxy groups -OCH3 is 2. The summed E-state index contributed by atoms with van der Waals surface area (Å²) in [5, 5.41) is 3.17.